The van der Waals surface area contributed by atoms with E-state index in [0.717, 1.165) is 43.0 Å². The lowest BCUT2D eigenvalue weighted by Gasteiger charge is -2.29. The van der Waals surface area contributed by atoms with Crippen LogP contribution < -0.4 is 14.4 Å². The smallest absolute Gasteiger partial charge is 0.241 e. The van der Waals surface area contributed by atoms with Crippen LogP contribution in [0.2, 0.25) is 0 Å². The van der Waals surface area contributed by atoms with E-state index in [1.807, 2.05) is 29.2 Å². The fourth-order valence-corrected chi connectivity index (χ4v) is 4.65. The molecule has 0 aliphatic carbocycles. The van der Waals surface area contributed by atoms with E-state index in [2.05, 4.69) is 30.0 Å². The largest absolute Gasteiger partial charge is 0.493 e. The molecule has 1 fully saturated rings. The van der Waals surface area contributed by atoms with Gasteiger partial charge in [-0.15, -0.1) is 0 Å². The Kier molecular flexibility index (Phi) is 5.27. The van der Waals surface area contributed by atoms with Gasteiger partial charge in [0, 0.05) is 17.8 Å². The molecule has 2 heterocycles. The maximum Gasteiger partial charge on any atom is 0.241 e. The maximum atomic E-state index is 13.2. The summed E-state index contributed by atoms with van der Waals surface area (Å²) in [6, 6.07) is 14.8. The highest BCUT2D eigenvalue weighted by molar-refractivity contribution is 5.97. The lowest BCUT2D eigenvalue weighted by molar-refractivity contribution is -0.120. The number of hydrogen-bond acceptors (Lipinski definition) is 4. The Morgan fingerprint density at radius 1 is 1.11 bits per heavy atom. The monoisotopic (exact) mass is 380 g/mol. The van der Waals surface area contributed by atoms with Gasteiger partial charge in [-0.05, 0) is 62.1 Å². The van der Waals surface area contributed by atoms with Gasteiger partial charge in [-0.25, -0.2) is 0 Å². The molecule has 2 aliphatic rings. The first-order chi connectivity index (χ1) is 13.6. The average Bonchev–Trinajstić information content (AvgIpc) is 3.30. The van der Waals surface area contributed by atoms with Gasteiger partial charge in [0.15, 0.2) is 11.5 Å². The maximum absolute atomic E-state index is 13.2. The number of carbonyl (C=O) groups excluding carboxylic acids is 1. The third-order valence-corrected chi connectivity index (χ3v) is 5.97. The van der Waals surface area contributed by atoms with Gasteiger partial charge in [-0.3, -0.25) is 9.69 Å². The lowest BCUT2D eigenvalue weighted by atomic mass is 10.0. The molecule has 0 spiro atoms. The van der Waals surface area contributed by atoms with Gasteiger partial charge in [0.1, 0.15) is 0 Å². The molecule has 0 unspecified atom stereocenters. The first-order valence-corrected chi connectivity index (χ1v) is 9.98. The number of fused-ring (bicyclic) bond motifs is 1. The van der Waals surface area contributed by atoms with E-state index in [9.17, 15) is 4.79 Å². The lowest BCUT2D eigenvalue weighted by Crippen LogP contribution is -2.43. The molecule has 2 aliphatic heterocycles. The van der Waals surface area contributed by atoms with Crippen molar-refractivity contribution >= 4 is 11.6 Å². The number of amides is 1. The predicted molar refractivity (Wildman–Crippen MR) is 110 cm³/mol. The molecule has 0 N–H and O–H groups in total. The first-order valence-electron chi connectivity index (χ1n) is 9.98. The number of carbonyl (C=O) groups is 1. The summed E-state index contributed by atoms with van der Waals surface area (Å²) in [5.74, 6) is 1.65. The van der Waals surface area contributed by atoms with Crippen LogP contribution in [0.4, 0.5) is 5.69 Å². The summed E-state index contributed by atoms with van der Waals surface area (Å²) < 4.78 is 10.8. The summed E-state index contributed by atoms with van der Waals surface area (Å²) in [6.07, 6.45) is 3.08. The topological polar surface area (TPSA) is 42.0 Å². The van der Waals surface area contributed by atoms with Gasteiger partial charge in [-0.2, -0.15) is 0 Å². The van der Waals surface area contributed by atoms with Gasteiger partial charge in [-0.1, -0.05) is 24.3 Å². The zero-order valence-corrected chi connectivity index (χ0v) is 16.9. The fraction of sp³-hybridized carbons (Fsp3) is 0.435. The van der Waals surface area contributed by atoms with Crippen LogP contribution in [0.3, 0.4) is 0 Å². The summed E-state index contributed by atoms with van der Waals surface area (Å²) in [7, 11) is 3.30. The molecule has 1 amide bonds. The van der Waals surface area contributed by atoms with Crippen LogP contribution >= 0.6 is 0 Å². The van der Waals surface area contributed by atoms with Crippen molar-refractivity contribution < 1.29 is 14.3 Å². The van der Waals surface area contributed by atoms with Gasteiger partial charge in [0.05, 0.1) is 20.8 Å². The number of para-hydroxylation sites is 1. The molecule has 2 aromatic rings. The second-order valence-electron chi connectivity index (χ2n) is 7.69. The van der Waals surface area contributed by atoms with E-state index < -0.39 is 0 Å². The van der Waals surface area contributed by atoms with Crippen LogP contribution in [0.1, 0.15) is 36.9 Å². The average molecular weight is 380 g/mol. The van der Waals surface area contributed by atoms with E-state index >= 15 is 0 Å². The van der Waals surface area contributed by atoms with Crippen molar-refractivity contribution in [2.45, 2.75) is 38.3 Å². The third-order valence-electron chi connectivity index (χ3n) is 5.97. The zero-order chi connectivity index (χ0) is 19.7. The van der Waals surface area contributed by atoms with E-state index in [0.29, 0.717) is 6.54 Å². The highest BCUT2D eigenvalue weighted by Gasteiger charge is 2.34. The van der Waals surface area contributed by atoms with Gasteiger partial charge in [0.2, 0.25) is 5.91 Å². The Hall–Kier alpha value is -2.53. The number of anilines is 1. The van der Waals surface area contributed by atoms with Crippen molar-refractivity contribution in [1.82, 2.24) is 4.90 Å². The van der Waals surface area contributed by atoms with Gasteiger partial charge in [0.25, 0.3) is 0 Å². The zero-order valence-electron chi connectivity index (χ0n) is 16.9. The van der Waals surface area contributed by atoms with E-state index in [-0.39, 0.29) is 18.0 Å². The van der Waals surface area contributed by atoms with Crippen LogP contribution in [0.5, 0.6) is 11.5 Å². The number of methoxy groups -OCH3 is 2. The summed E-state index contributed by atoms with van der Waals surface area (Å²) >= 11 is 0. The third kappa shape index (κ3) is 3.35. The molecular weight excluding hydrogens is 352 g/mol. The quantitative estimate of drug-likeness (QED) is 0.791. The Morgan fingerprint density at radius 3 is 2.68 bits per heavy atom. The summed E-state index contributed by atoms with van der Waals surface area (Å²) in [5, 5.41) is 0. The van der Waals surface area contributed by atoms with Crippen molar-refractivity contribution in [1.29, 1.82) is 0 Å². The van der Waals surface area contributed by atoms with Crippen molar-refractivity contribution in [2.24, 2.45) is 0 Å². The minimum Gasteiger partial charge on any atom is -0.493 e. The molecule has 0 saturated carbocycles. The second kappa shape index (κ2) is 7.84. The summed E-state index contributed by atoms with van der Waals surface area (Å²) in [5.41, 5.74) is 3.51. The highest BCUT2D eigenvalue weighted by Crippen LogP contribution is 2.37. The van der Waals surface area contributed by atoms with Crippen LogP contribution in [-0.4, -0.2) is 44.2 Å². The van der Waals surface area contributed by atoms with E-state index in [4.69, 9.17) is 9.47 Å². The molecule has 2 atom stereocenters. The minimum atomic E-state index is 0.185. The molecule has 1 saturated heterocycles. The number of likely N-dealkylation sites (tertiary alicyclic amines) is 1. The Balaban J connectivity index is 1.53. The van der Waals surface area contributed by atoms with Crippen LogP contribution in [0.25, 0.3) is 0 Å². The second-order valence-corrected chi connectivity index (χ2v) is 7.69. The first kappa shape index (κ1) is 18.8. The van der Waals surface area contributed by atoms with Crippen LogP contribution in [0, 0.1) is 0 Å². The van der Waals surface area contributed by atoms with Crippen LogP contribution in [-0.2, 0) is 11.2 Å². The Morgan fingerprint density at radius 2 is 1.89 bits per heavy atom. The molecular formula is C23H28N2O3. The Bertz CT molecular complexity index is 867. The van der Waals surface area contributed by atoms with Gasteiger partial charge >= 0.3 is 0 Å². The van der Waals surface area contributed by atoms with Crippen molar-refractivity contribution in [2.75, 3.05) is 32.2 Å². The molecule has 148 valence electrons. The predicted octanol–water partition coefficient (Wildman–Crippen LogP) is 3.82. The number of ether oxygens (including phenoxy) is 2. The summed E-state index contributed by atoms with van der Waals surface area (Å²) in [4.78, 5) is 17.5. The number of rotatable bonds is 5. The van der Waals surface area contributed by atoms with E-state index in [1.165, 1.54) is 11.1 Å². The normalized spacial score (nSPS) is 21.6. The van der Waals surface area contributed by atoms with Crippen LogP contribution in [0.15, 0.2) is 42.5 Å². The molecule has 5 nitrogen and oxygen atoms in total. The molecule has 4 rings (SSSR count). The Labute approximate surface area is 166 Å². The fourth-order valence-electron chi connectivity index (χ4n) is 4.65. The van der Waals surface area contributed by atoms with E-state index in [1.54, 1.807) is 14.2 Å². The summed E-state index contributed by atoms with van der Waals surface area (Å²) in [6.45, 7) is 3.51. The molecule has 0 radical (unpaired) electrons. The SMILES string of the molecule is COc1ccc([C@H]2CCCN2CC(=O)N2c3ccccc3C[C@H]2C)cc1OC. The molecule has 28 heavy (non-hydrogen) atoms. The molecule has 0 aromatic heterocycles. The number of benzene rings is 2. The minimum absolute atomic E-state index is 0.185. The molecule has 5 heteroatoms. The standard InChI is InChI=1S/C23H28N2O3/c1-16-13-17-7-4-5-8-20(17)25(16)23(26)15-24-12-6-9-19(24)18-10-11-21(27-2)22(14-18)28-3/h4-5,7-8,10-11,14,16,19H,6,9,12-13,15H2,1-3H3/t16-,19-/m1/s1. The number of nitrogens with zero attached hydrogens (tertiary/aromatic N) is 2. The molecule has 2 aromatic carbocycles. The van der Waals surface area contributed by atoms with Gasteiger partial charge < -0.3 is 14.4 Å². The molecule has 0 bridgehead atoms. The van der Waals surface area contributed by atoms with Crippen molar-refractivity contribution in [3.05, 3.63) is 53.6 Å². The highest BCUT2D eigenvalue weighted by atomic mass is 16.5. The number of hydrogen-bond donors (Lipinski definition) is 0. The van der Waals surface area contributed by atoms with Crippen molar-refractivity contribution in [3.8, 4) is 11.5 Å². The van der Waals surface area contributed by atoms with Crippen molar-refractivity contribution in [3.63, 3.8) is 0 Å².